The predicted molar refractivity (Wildman–Crippen MR) is 52.0 cm³/mol. The predicted octanol–water partition coefficient (Wildman–Crippen LogP) is -0.469. The zero-order chi connectivity index (χ0) is 9.84. The van der Waals surface area contributed by atoms with Crippen molar-refractivity contribution in [2.75, 3.05) is 19.6 Å². The Morgan fingerprint density at radius 3 is 2.54 bits per heavy atom. The van der Waals surface area contributed by atoms with Crippen molar-refractivity contribution in [1.82, 2.24) is 4.90 Å². The van der Waals surface area contributed by atoms with Crippen LogP contribution in [0.3, 0.4) is 0 Å². The van der Waals surface area contributed by atoms with Gasteiger partial charge in [0.05, 0.1) is 6.04 Å². The Kier molecular flexibility index (Phi) is 3.69. The lowest BCUT2D eigenvalue weighted by Crippen LogP contribution is -2.49. The highest BCUT2D eigenvalue weighted by atomic mass is 16.2. The SMILES string of the molecule is CC1CCN(C(=O)[C@H](N)CN)CC1. The van der Waals surface area contributed by atoms with Crippen LogP contribution in [0.5, 0.6) is 0 Å². The molecule has 1 aliphatic heterocycles. The highest BCUT2D eigenvalue weighted by Gasteiger charge is 2.23. The molecule has 0 spiro atoms. The fraction of sp³-hybridized carbons (Fsp3) is 0.889. The second-order valence-electron chi connectivity index (χ2n) is 3.85. The normalized spacial score (nSPS) is 21.6. The third kappa shape index (κ3) is 2.67. The van der Waals surface area contributed by atoms with E-state index in [1.807, 2.05) is 4.90 Å². The number of hydrogen-bond donors (Lipinski definition) is 2. The molecule has 13 heavy (non-hydrogen) atoms. The molecule has 1 saturated heterocycles. The minimum absolute atomic E-state index is 0.00870. The van der Waals surface area contributed by atoms with Crippen LogP contribution >= 0.6 is 0 Å². The number of nitrogens with two attached hydrogens (primary N) is 2. The molecule has 1 aliphatic rings. The van der Waals surface area contributed by atoms with Crippen molar-refractivity contribution in [1.29, 1.82) is 0 Å². The van der Waals surface area contributed by atoms with Crippen LogP contribution in [0.25, 0.3) is 0 Å². The zero-order valence-corrected chi connectivity index (χ0v) is 8.20. The Labute approximate surface area is 79.3 Å². The van der Waals surface area contributed by atoms with Gasteiger partial charge >= 0.3 is 0 Å². The van der Waals surface area contributed by atoms with Crippen LogP contribution in [0.4, 0.5) is 0 Å². The maximum atomic E-state index is 11.6. The number of amides is 1. The minimum Gasteiger partial charge on any atom is -0.341 e. The van der Waals surface area contributed by atoms with Gasteiger partial charge in [-0.2, -0.15) is 0 Å². The molecule has 1 atom stereocenters. The first-order chi connectivity index (χ1) is 6.15. The minimum atomic E-state index is -0.506. The van der Waals surface area contributed by atoms with Gasteiger partial charge in [0, 0.05) is 19.6 Å². The van der Waals surface area contributed by atoms with Gasteiger partial charge in [-0.3, -0.25) is 4.79 Å². The summed E-state index contributed by atoms with van der Waals surface area (Å²) in [5, 5.41) is 0. The summed E-state index contributed by atoms with van der Waals surface area (Å²) in [7, 11) is 0. The molecule has 0 radical (unpaired) electrons. The van der Waals surface area contributed by atoms with Crippen LogP contribution < -0.4 is 11.5 Å². The fourth-order valence-electron chi connectivity index (χ4n) is 1.56. The first-order valence-corrected chi connectivity index (χ1v) is 4.89. The van der Waals surface area contributed by atoms with E-state index in [9.17, 15) is 4.79 Å². The van der Waals surface area contributed by atoms with E-state index in [2.05, 4.69) is 6.92 Å². The summed E-state index contributed by atoms with van der Waals surface area (Å²) < 4.78 is 0. The number of carbonyl (C=O) groups is 1. The van der Waals surface area contributed by atoms with Gasteiger partial charge in [-0.25, -0.2) is 0 Å². The molecule has 76 valence electrons. The van der Waals surface area contributed by atoms with Gasteiger partial charge in [0.15, 0.2) is 0 Å². The van der Waals surface area contributed by atoms with E-state index >= 15 is 0 Å². The lowest BCUT2D eigenvalue weighted by molar-refractivity contribution is -0.133. The molecule has 0 bridgehead atoms. The van der Waals surface area contributed by atoms with Crippen molar-refractivity contribution in [2.45, 2.75) is 25.8 Å². The lowest BCUT2D eigenvalue weighted by atomic mass is 9.99. The van der Waals surface area contributed by atoms with E-state index in [1.165, 1.54) is 0 Å². The molecule has 0 aliphatic carbocycles. The van der Waals surface area contributed by atoms with Crippen molar-refractivity contribution in [3.63, 3.8) is 0 Å². The maximum absolute atomic E-state index is 11.6. The molecule has 1 heterocycles. The average molecular weight is 185 g/mol. The molecule has 0 aromatic rings. The molecular weight excluding hydrogens is 166 g/mol. The highest BCUT2D eigenvalue weighted by Crippen LogP contribution is 2.16. The third-order valence-electron chi connectivity index (χ3n) is 2.67. The number of nitrogens with zero attached hydrogens (tertiary/aromatic N) is 1. The zero-order valence-electron chi connectivity index (χ0n) is 8.20. The molecule has 4 N–H and O–H groups in total. The number of rotatable bonds is 2. The second-order valence-corrected chi connectivity index (χ2v) is 3.85. The molecule has 0 aromatic carbocycles. The lowest BCUT2D eigenvalue weighted by Gasteiger charge is -2.31. The summed E-state index contributed by atoms with van der Waals surface area (Å²) in [5.74, 6) is 0.743. The van der Waals surface area contributed by atoms with E-state index in [-0.39, 0.29) is 12.5 Å². The van der Waals surface area contributed by atoms with Crippen LogP contribution in [-0.4, -0.2) is 36.5 Å². The summed E-state index contributed by atoms with van der Waals surface area (Å²) in [5.41, 5.74) is 10.9. The van der Waals surface area contributed by atoms with Crippen molar-refractivity contribution >= 4 is 5.91 Å². The molecule has 1 rings (SSSR count). The van der Waals surface area contributed by atoms with Gasteiger partial charge in [0.1, 0.15) is 0 Å². The van der Waals surface area contributed by atoms with Gasteiger partial charge in [0.25, 0.3) is 0 Å². The van der Waals surface area contributed by atoms with E-state index in [1.54, 1.807) is 0 Å². The van der Waals surface area contributed by atoms with Gasteiger partial charge in [-0.15, -0.1) is 0 Å². The van der Waals surface area contributed by atoms with Crippen molar-refractivity contribution in [3.05, 3.63) is 0 Å². The molecule has 1 amide bonds. The second kappa shape index (κ2) is 4.58. The Balaban J connectivity index is 2.40. The highest BCUT2D eigenvalue weighted by molar-refractivity contribution is 5.81. The molecule has 0 aromatic heterocycles. The summed E-state index contributed by atoms with van der Waals surface area (Å²) in [6, 6.07) is -0.506. The maximum Gasteiger partial charge on any atom is 0.240 e. The van der Waals surface area contributed by atoms with Crippen molar-refractivity contribution < 1.29 is 4.79 Å². The molecule has 4 nitrogen and oxygen atoms in total. The van der Waals surface area contributed by atoms with E-state index in [0.717, 1.165) is 31.8 Å². The van der Waals surface area contributed by atoms with Crippen LogP contribution in [-0.2, 0) is 4.79 Å². The van der Waals surface area contributed by atoms with Gasteiger partial charge in [0.2, 0.25) is 5.91 Å². The average Bonchev–Trinajstić information content (AvgIpc) is 2.17. The molecule has 0 saturated carbocycles. The largest absolute Gasteiger partial charge is 0.341 e. The third-order valence-corrected chi connectivity index (χ3v) is 2.67. The van der Waals surface area contributed by atoms with E-state index in [0.29, 0.717) is 0 Å². The molecule has 4 heteroatoms. The number of carbonyl (C=O) groups excluding carboxylic acids is 1. The first kappa shape index (κ1) is 10.5. The van der Waals surface area contributed by atoms with E-state index < -0.39 is 6.04 Å². The first-order valence-electron chi connectivity index (χ1n) is 4.89. The summed E-state index contributed by atoms with van der Waals surface area (Å²) in [6.07, 6.45) is 2.17. The monoisotopic (exact) mass is 185 g/mol. The quantitative estimate of drug-likeness (QED) is 0.611. The number of hydrogen-bond acceptors (Lipinski definition) is 3. The standard InChI is InChI=1S/C9H19N3O/c1-7-2-4-12(5-3-7)9(13)8(11)6-10/h7-8H,2-6,10-11H2,1H3/t8-/m1/s1. The summed E-state index contributed by atoms with van der Waals surface area (Å²) >= 11 is 0. The van der Waals surface area contributed by atoms with Gasteiger partial charge < -0.3 is 16.4 Å². The number of likely N-dealkylation sites (tertiary alicyclic amines) is 1. The fourth-order valence-corrected chi connectivity index (χ4v) is 1.56. The Morgan fingerprint density at radius 1 is 1.54 bits per heavy atom. The summed E-state index contributed by atoms with van der Waals surface area (Å²) in [6.45, 7) is 4.14. The summed E-state index contributed by atoms with van der Waals surface area (Å²) in [4.78, 5) is 13.4. The van der Waals surface area contributed by atoms with E-state index in [4.69, 9.17) is 11.5 Å². The Hall–Kier alpha value is -0.610. The molecule has 0 unspecified atom stereocenters. The Bertz CT molecular complexity index is 176. The Morgan fingerprint density at radius 2 is 2.08 bits per heavy atom. The molecule has 1 fully saturated rings. The van der Waals surface area contributed by atoms with Crippen LogP contribution in [0, 0.1) is 5.92 Å². The smallest absolute Gasteiger partial charge is 0.240 e. The van der Waals surface area contributed by atoms with Gasteiger partial charge in [-0.05, 0) is 18.8 Å². The van der Waals surface area contributed by atoms with Crippen LogP contribution in [0.1, 0.15) is 19.8 Å². The topological polar surface area (TPSA) is 72.3 Å². The van der Waals surface area contributed by atoms with Gasteiger partial charge in [-0.1, -0.05) is 6.92 Å². The van der Waals surface area contributed by atoms with Crippen LogP contribution in [0.2, 0.25) is 0 Å². The van der Waals surface area contributed by atoms with Crippen LogP contribution in [0.15, 0.2) is 0 Å². The molecular formula is C9H19N3O. The number of piperidine rings is 1. The van der Waals surface area contributed by atoms with Crippen molar-refractivity contribution in [3.8, 4) is 0 Å². The van der Waals surface area contributed by atoms with Crippen molar-refractivity contribution in [2.24, 2.45) is 17.4 Å².